The molecule has 3 rings (SSSR count). The van der Waals surface area contributed by atoms with Gasteiger partial charge in [0, 0.05) is 18.2 Å². The van der Waals surface area contributed by atoms with E-state index in [1.54, 1.807) is 13.2 Å². The fourth-order valence-electron chi connectivity index (χ4n) is 3.42. The molecule has 1 saturated heterocycles. The zero-order chi connectivity index (χ0) is 19.8. The van der Waals surface area contributed by atoms with Crippen molar-refractivity contribution in [1.29, 1.82) is 0 Å². The van der Waals surface area contributed by atoms with Gasteiger partial charge in [-0.15, -0.1) is 0 Å². The van der Waals surface area contributed by atoms with E-state index in [0.717, 1.165) is 49.7 Å². The largest absolute Gasteiger partial charge is 0.497 e. The van der Waals surface area contributed by atoms with Gasteiger partial charge in [-0.25, -0.2) is 0 Å². The third kappa shape index (κ3) is 5.60. The van der Waals surface area contributed by atoms with Crippen molar-refractivity contribution in [1.82, 2.24) is 4.90 Å². The van der Waals surface area contributed by atoms with Crippen molar-refractivity contribution in [3.05, 3.63) is 66.7 Å². The highest BCUT2D eigenvalue weighted by molar-refractivity contribution is 5.92. The summed E-state index contributed by atoms with van der Waals surface area (Å²) >= 11 is 0. The topological polar surface area (TPSA) is 50.8 Å². The summed E-state index contributed by atoms with van der Waals surface area (Å²) in [5.41, 5.74) is 2.04. The summed E-state index contributed by atoms with van der Waals surface area (Å²) in [6.45, 7) is 6.83. The van der Waals surface area contributed by atoms with Gasteiger partial charge in [0.25, 0.3) is 0 Å². The summed E-state index contributed by atoms with van der Waals surface area (Å²) in [5.74, 6) is 1.80. The quantitative estimate of drug-likeness (QED) is 0.700. The Labute approximate surface area is 167 Å². The van der Waals surface area contributed by atoms with Crippen molar-refractivity contribution in [2.75, 3.05) is 32.1 Å². The monoisotopic (exact) mass is 380 g/mol. The summed E-state index contributed by atoms with van der Waals surface area (Å²) < 4.78 is 10.8. The molecule has 5 heteroatoms. The molecule has 1 amide bonds. The summed E-state index contributed by atoms with van der Waals surface area (Å²) in [7, 11) is 1.69. The minimum atomic E-state index is 0.0539. The first-order valence-corrected chi connectivity index (χ1v) is 9.68. The smallest absolute Gasteiger partial charge is 0.227 e. The first-order valence-electron chi connectivity index (χ1n) is 9.68. The Kier molecular flexibility index (Phi) is 7.09. The number of amides is 1. The number of benzene rings is 2. The van der Waals surface area contributed by atoms with Gasteiger partial charge in [0.05, 0.1) is 7.11 Å². The van der Waals surface area contributed by atoms with Gasteiger partial charge in [0.15, 0.2) is 0 Å². The molecule has 1 N–H and O–H groups in total. The predicted octanol–water partition coefficient (Wildman–Crippen LogP) is 4.11. The van der Waals surface area contributed by atoms with Crippen LogP contribution in [0.2, 0.25) is 0 Å². The van der Waals surface area contributed by atoms with Gasteiger partial charge in [-0.1, -0.05) is 24.8 Å². The van der Waals surface area contributed by atoms with Crippen LogP contribution >= 0.6 is 0 Å². The van der Waals surface area contributed by atoms with Gasteiger partial charge in [-0.3, -0.25) is 9.69 Å². The maximum absolute atomic E-state index is 12.6. The molecule has 0 aliphatic carbocycles. The number of ether oxygens (including phenoxy) is 2. The molecule has 28 heavy (non-hydrogen) atoms. The van der Waals surface area contributed by atoms with E-state index in [0.29, 0.717) is 6.61 Å². The second kappa shape index (κ2) is 9.95. The van der Waals surface area contributed by atoms with Crippen LogP contribution in [-0.4, -0.2) is 37.6 Å². The molecule has 1 heterocycles. The molecule has 0 saturated carbocycles. The highest BCUT2D eigenvalue weighted by Crippen LogP contribution is 2.23. The molecule has 2 aromatic carbocycles. The van der Waals surface area contributed by atoms with Crippen LogP contribution < -0.4 is 14.8 Å². The van der Waals surface area contributed by atoms with Crippen molar-refractivity contribution < 1.29 is 14.3 Å². The molecule has 148 valence electrons. The maximum atomic E-state index is 12.6. The lowest BCUT2D eigenvalue weighted by Crippen LogP contribution is -2.37. The average Bonchev–Trinajstić information content (AvgIpc) is 2.74. The SMILES string of the molecule is C=CCOc1ccc(NC(=O)C2CCN(Cc3cccc(OC)c3)CC2)cc1. The molecule has 1 fully saturated rings. The zero-order valence-electron chi connectivity index (χ0n) is 16.4. The highest BCUT2D eigenvalue weighted by atomic mass is 16.5. The number of nitrogens with one attached hydrogen (secondary N) is 1. The lowest BCUT2D eigenvalue weighted by atomic mass is 9.95. The van der Waals surface area contributed by atoms with Crippen LogP contribution in [0, 0.1) is 5.92 Å². The molecule has 5 nitrogen and oxygen atoms in total. The van der Waals surface area contributed by atoms with Gasteiger partial charge in [0.2, 0.25) is 5.91 Å². The highest BCUT2D eigenvalue weighted by Gasteiger charge is 2.25. The van der Waals surface area contributed by atoms with Crippen LogP contribution in [0.15, 0.2) is 61.2 Å². The summed E-state index contributed by atoms with van der Waals surface area (Å²) in [6.07, 6.45) is 3.45. The zero-order valence-corrected chi connectivity index (χ0v) is 16.4. The molecule has 0 aromatic heterocycles. The van der Waals surface area contributed by atoms with E-state index in [2.05, 4.69) is 28.9 Å². The third-order valence-corrected chi connectivity index (χ3v) is 4.99. The Bertz CT molecular complexity index is 781. The normalized spacial score (nSPS) is 15.0. The fraction of sp³-hybridized carbons (Fsp3) is 0.348. The Morgan fingerprint density at radius 2 is 1.93 bits per heavy atom. The van der Waals surface area contributed by atoms with Gasteiger partial charge in [0.1, 0.15) is 18.1 Å². The van der Waals surface area contributed by atoms with Crippen LogP contribution in [0.1, 0.15) is 18.4 Å². The van der Waals surface area contributed by atoms with Crippen molar-refractivity contribution >= 4 is 11.6 Å². The number of anilines is 1. The Hall–Kier alpha value is -2.79. The number of rotatable bonds is 8. The molecule has 0 unspecified atom stereocenters. The molecule has 1 aliphatic heterocycles. The van der Waals surface area contributed by atoms with Crippen LogP contribution in [0.4, 0.5) is 5.69 Å². The van der Waals surface area contributed by atoms with Crippen molar-refractivity contribution in [2.45, 2.75) is 19.4 Å². The van der Waals surface area contributed by atoms with Gasteiger partial charge < -0.3 is 14.8 Å². The van der Waals surface area contributed by atoms with E-state index in [1.165, 1.54) is 5.56 Å². The molecule has 2 aromatic rings. The second-order valence-corrected chi connectivity index (χ2v) is 7.02. The Morgan fingerprint density at radius 1 is 1.18 bits per heavy atom. The van der Waals surface area contributed by atoms with Gasteiger partial charge in [-0.2, -0.15) is 0 Å². The van der Waals surface area contributed by atoms with E-state index in [4.69, 9.17) is 9.47 Å². The number of hydrogen-bond acceptors (Lipinski definition) is 4. The third-order valence-electron chi connectivity index (χ3n) is 4.99. The van der Waals surface area contributed by atoms with E-state index in [1.807, 2.05) is 36.4 Å². The van der Waals surface area contributed by atoms with Crippen molar-refractivity contribution in [2.24, 2.45) is 5.92 Å². The van der Waals surface area contributed by atoms with E-state index < -0.39 is 0 Å². The molecule has 0 radical (unpaired) electrons. The van der Waals surface area contributed by atoms with Crippen molar-refractivity contribution in [3.8, 4) is 11.5 Å². The van der Waals surface area contributed by atoms with Gasteiger partial charge in [-0.05, 0) is 67.9 Å². The molecule has 1 aliphatic rings. The lowest BCUT2D eigenvalue weighted by molar-refractivity contribution is -0.121. The number of piperidine rings is 1. The standard InChI is InChI=1S/C23H28N2O3/c1-3-15-28-21-9-7-20(8-10-21)24-23(26)19-11-13-25(14-12-19)17-18-5-4-6-22(16-18)27-2/h3-10,16,19H,1,11-15,17H2,2H3,(H,24,26). The molecule has 0 atom stereocenters. The molecule has 0 bridgehead atoms. The summed E-state index contributed by atoms with van der Waals surface area (Å²) in [6, 6.07) is 15.6. The van der Waals surface area contributed by atoms with E-state index in [-0.39, 0.29) is 11.8 Å². The predicted molar refractivity (Wildman–Crippen MR) is 112 cm³/mol. The van der Waals surface area contributed by atoms with Gasteiger partial charge >= 0.3 is 0 Å². The number of nitrogens with zero attached hydrogens (tertiary/aromatic N) is 1. The minimum Gasteiger partial charge on any atom is -0.497 e. The summed E-state index contributed by atoms with van der Waals surface area (Å²) in [4.78, 5) is 15.0. The van der Waals surface area contributed by atoms with Crippen LogP contribution in [0.3, 0.4) is 0 Å². The fourth-order valence-corrected chi connectivity index (χ4v) is 3.42. The van der Waals surface area contributed by atoms with E-state index in [9.17, 15) is 4.79 Å². The maximum Gasteiger partial charge on any atom is 0.227 e. The minimum absolute atomic E-state index is 0.0539. The van der Waals surface area contributed by atoms with Crippen LogP contribution in [0.25, 0.3) is 0 Å². The number of methoxy groups -OCH3 is 1. The van der Waals surface area contributed by atoms with Crippen molar-refractivity contribution in [3.63, 3.8) is 0 Å². The summed E-state index contributed by atoms with van der Waals surface area (Å²) in [5, 5.41) is 3.02. The van der Waals surface area contributed by atoms with Crippen LogP contribution in [0.5, 0.6) is 11.5 Å². The molecule has 0 spiro atoms. The lowest BCUT2D eigenvalue weighted by Gasteiger charge is -2.31. The van der Waals surface area contributed by atoms with E-state index >= 15 is 0 Å². The molecular formula is C23H28N2O3. The molecular weight excluding hydrogens is 352 g/mol. The average molecular weight is 380 g/mol. The Morgan fingerprint density at radius 3 is 2.61 bits per heavy atom. The van der Waals surface area contributed by atoms with Crippen LogP contribution in [-0.2, 0) is 11.3 Å². The first kappa shape index (κ1) is 20.0. The number of hydrogen-bond donors (Lipinski definition) is 1. The first-order chi connectivity index (χ1) is 13.7. The number of carbonyl (C=O) groups excluding carboxylic acids is 1. The number of likely N-dealkylation sites (tertiary alicyclic amines) is 1. The second-order valence-electron chi connectivity index (χ2n) is 7.02. The number of carbonyl (C=O) groups is 1. The Balaban J connectivity index is 1.46.